The second-order valence-corrected chi connectivity index (χ2v) is 11.6. The Morgan fingerprint density at radius 2 is 1.92 bits per heavy atom. The molecular formula is C29H34N6O4. The molecule has 2 N–H and O–H groups in total. The van der Waals surface area contributed by atoms with E-state index in [4.69, 9.17) is 5.10 Å². The number of aromatic nitrogens is 2. The number of likely N-dealkylation sites (tertiary alicyclic amines) is 1. The fourth-order valence-electron chi connectivity index (χ4n) is 6.31. The van der Waals surface area contributed by atoms with Gasteiger partial charge in [-0.3, -0.25) is 28.8 Å². The molecule has 39 heavy (non-hydrogen) atoms. The Kier molecular flexibility index (Phi) is 5.89. The Bertz CT molecular complexity index is 1430. The number of fused-ring (bicyclic) bond motifs is 1. The summed E-state index contributed by atoms with van der Waals surface area (Å²) in [6.07, 6.45) is 3.95. The quantitative estimate of drug-likeness (QED) is 0.555. The highest BCUT2D eigenvalue weighted by atomic mass is 16.2. The minimum absolute atomic E-state index is 0.150. The second-order valence-electron chi connectivity index (χ2n) is 11.6. The van der Waals surface area contributed by atoms with Crippen molar-refractivity contribution in [2.75, 3.05) is 18.4 Å². The topological polar surface area (TPSA) is 117 Å². The molecule has 1 aliphatic carbocycles. The number of benzene rings is 1. The zero-order valence-electron chi connectivity index (χ0n) is 22.7. The first-order valence-corrected chi connectivity index (χ1v) is 13.7. The maximum absolute atomic E-state index is 13.4. The van der Waals surface area contributed by atoms with Crippen molar-refractivity contribution in [2.24, 2.45) is 5.41 Å². The highest BCUT2D eigenvalue weighted by Gasteiger charge is 2.47. The molecule has 3 aliphatic heterocycles. The van der Waals surface area contributed by atoms with Gasteiger partial charge < -0.3 is 15.5 Å². The third kappa shape index (κ3) is 3.95. The fourth-order valence-corrected chi connectivity index (χ4v) is 6.31. The highest BCUT2D eigenvalue weighted by molar-refractivity contribution is 6.25. The van der Waals surface area contributed by atoms with Gasteiger partial charge in [-0.1, -0.05) is 26.0 Å². The van der Waals surface area contributed by atoms with Crippen LogP contribution in [0.3, 0.4) is 0 Å². The molecule has 1 aromatic carbocycles. The number of hydrogen-bond acceptors (Lipinski definition) is 6. The van der Waals surface area contributed by atoms with Gasteiger partial charge in [-0.05, 0) is 51.7 Å². The summed E-state index contributed by atoms with van der Waals surface area (Å²) in [5.41, 5.74) is 4.46. The first kappa shape index (κ1) is 25.3. The molecule has 10 nitrogen and oxygen atoms in total. The molecule has 0 radical (unpaired) electrons. The molecule has 6 rings (SSSR count). The van der Waals surface area contributed by atoms with Crippen LogP contribution in [0.25, 0.3) is 0 Å². The maximum Gasteiger partial charge on any atom is 0.264 e. The lowest BCUT2D eigenvalue weighted by Gasteiger charge is -2.47. The van der Waals surface area contributed by atoms with Crippen molar-refractivity contribution in [3.8, 4) is 0 Å². The van der Waals surface area contributed by atoms with Gasteiger partial charge in [0.15, 0.2) is 0 Å². The standard InChI is InChI=1S/C29H34N6O4/c1-16-9-10-23(25(36)31-16)34-26(37)20-7-5-8-22(24(20)27(34)38)30-13-21-17(2)32-35(18(21)3)19-14-33(15-19)28(39)29(4)11-6-12-29/h5,7-8,19,23,30H,1,6,9-15H2,2-4H3,(H,31,36). The van der Waals surface area contributed by atoms with E-state index in [0.717, 1.165) is 41.1 Å². The average Bonchev–Trinajstić information content (AvgIpc) is 3.27. The Morgan fingerprint density at radius 3 is 2.59 bits per heavy atom. The van der Waals surface area contributed by atoms with E-state index < -0.39 is 17.9 Å². The van der Waals surface area contributed by atoms with Gasteiger partial charge in [-0.2, -0.15) is 5.10 Å². The molecule has 1 aromatic heterocycles. The lowest BCUT2D eigenvalue weighted by atomic mass is 9.69. The predicted octanol–water partition coefficient (Wildman–Crippen LogP) is 3.07. The molecule has 2 saturated heterocycles. The van der Waals surface area contributed by atoms with E-state index in [-0.39, 0.29) is 23.3 Å². The molecular weight excluding hydrogens is 496 g/mol. The van der Waals surface area contributed by atoms with Crippen LogP contribution in [-0.4, -0.2) is 62.3 Å². The molecule has 204 valence electrons. The van der Waals surface area contributed by atoms with Crippen molar-refractivity contribution in [1.29, 1.82) is 0 Å². The molecule has 3 fully saturated rings. The zero-order valence-corrected chi connectivity index (χ0v) is 22.7. The first-order chi connectivity index (χ1) is 18.6. The van der Waals surface area contributed by atoms with E-state index >= 15 is 0 Å². The summed E-state index contributed by atoms with van der Waals surface area (Å²) in [6, 6.07) is 4.45. The van der Waals surface area contributed by atoms with Gasteiger partial charge in [0.1, 0.15) is 6.04 Å². The van der Waals surface area contributed by atoms with Gasteiger partial charge in [-0.15, -0.1) is 0 Å². The van der Waals surface area contributed by atoms with Crippen molar-refractivity contribution in [3.05, 3.63) is 58.6 Å². The molecule has 2 aromatic rings. The van der Waals surface area contributed by atoms with Crippen LogP contribution in [0.1, 0.15) is 82.7 Å². The number of allylic oxidation sites excluding steroid dienone is 1. The summed E-state index contributed by atoms with van der Waals surface area (Å²) >= 11 is 0. The minimum atomic E-state index is -0.848. The molecule has 0 spiro atoms. The van der Waals surface area contributed by atoms with Crippen LogP contribution in [0.15, 0.2) is 30.5 Å². The van der Waals surface area contributed by atoms with Crippen molar-refractivity contribution >= 4 is 29.3 Å². The Balaban J connectivity index is 1.16. The van der Waals surface area contributed by atoms with Crippen LogP contribution in [-0.2, 0) is 16.1 Å². The van der Waals surface area contributed by atoms with Crippen LogP contribution >= 0.6 is 0 Å². The number of hydrogen-bond donors (Lipinski definition) is 2. The van der Waals surface area contributed by atoms with Gasteiger partial charge in [0.05, 0.1) is 22.9 Å². The van der Waals surface area contributed by atoms with E-state index in [2.05, 4.69) is 24.1 Å². The van der Waals surface area contributed by atoms with E-state index in [0.29, 0.717) is 55.0 Å². The number of nitrogens with zero attached hydrogens (tertiary/aromatic N) is 4. The Labute approximate surface area is 227 Å². The van der Waals surface area contributed by atoms with Crippen LogP contribution in [0.2, 0.25) is 0 Å². The zero-order chi connectivity index (χ0) is 27.6. The third-order valence-electron chi connectivity index (χ3n) is 8.98. The van der Waals surface area contributed by atoms with E-state index in [1.165, 1.54) is 0 Å². The van der Waals surface area contributed by atoms with E-state index in [9.17, 15) is 19.2 Å². The molecule has 4 amide bonds. The maximum atomic E-state index is 13.4. The number of nitrogens with one attached hydrogen (secondary N) is 2. The average molecular weight is 531 g/mol. The molecule has 1 atom stereocenters. The third-order valence-corrected chi connectivity index (χ3v) is 8.98. The van der Waals surface area contributed by atoms with Crippen molar-refractivity contribution < 1.29 is 19.2 Å². The summed E-state index contributed by atoms with van der Waals surface area (Å²) in [5, 5.41) is 10.8. The summed E-state index contributed by atoms with van der Waals surface area (Å²) in [7, 11) is 0. The summed E-state index contributed by atoms with van der Waals surface area (Å²) in [4.78, 5) is 55.0. The fraction of sp³-hybridized carbons (Fsp3) is 0.483. The summed E-state index contributed by atoms with van der Waals surface area (Å²) in [5.74, 6) is -1.04. The van der Waals surface area contributed by atoms with Gasteiger partial charge in [-0.25, -0.2) is 0 Å². The molecule has 1 saturated carbocycles. The van der Waals surface area contributed by atoms with Crippen LogP contribution in [0, 0.1) is 19.3 Å². The van der Waals surface area contributed by atoms with Crippen LogP contribution < -0.4 is 10.6 Å². The van der Waals surface area contributed by atoms with Crippen molar-refractivity contribution in [2.45, 2.75) is 71.5 Å². The second kappa shape index (κ2) is 9.07. The SMILES string of the molecule is C=C1CCC(N2C(=O)c3cccc(NCc4c(C)nn(C5CN(C(=O)C6(C)CCC6)C5)c4C)c3C2=O)C(=O)N1. The van der Waals surface area contributed by atoms with Crippen molar-refractivity contribution in [1.82, 2.24) is 24.9 Å². The van der Waals surface area contributed by atoms with Crippen molar-refractivity contribution in [3.63, 3.8) is 0 Å². The molecule has 0 bridgehead atoms. The minimum Gasteiger partial charge on any atom is -0.380 e. The normalized spacial score (nSPS) is 22.4. The number of rotatable bonds is 6. The number of amides is 4. The molecule has 10 heteroatoms. The Hall–Kier alpha value is -3.95. The van der Waals surface area contributed by atoms with Gasteiger partial charge in [0.25, 0.3) is 11.8 Å². The molecule has 4 aliphatic rings. The first-order valence-electron chi connectivity index (χ1n) is 13.7. The number of carbonyl (C=O) groups is 4. The predicted molar refractivity (Wildman–Crippen MR) is 144 cm³/mol. The van der Waals surface area contributed by atoms with Gasteiger partial charge in [0, 0.05) is 47.7 Å². The lowest BCUT2D eigenvalue weighted by Crippen LogP contribution is -2.56. The van der Waals surface area contributed by atoms with Gasteiger partial charge in [0.2, 0.25) is 11.8 Å². The van der Waals surface area contributed by atoms with Crippen LogP contribution in [0.4, 0.5) is 5.69 Å². The summed E-state index contributed by atoms with van der Waals surface area (Å²) < 4.78 is 2.01. The van der Waals surface area contributed by atoms with Crippen LogP contribution in [0.5, 0.6) is 0 Å². The molecule has 1 unspecified atom stereocenters. The largest absolute Gasteiger partial charge is 0.380 e. The smallest absolute Gasteiger partial charge is 0.264 e. The monoisotopic (exact) mass is 530 g/mol. The number of imide groups is 1. The van der Waals surface area contributed by atoms with Gasteiger partial charge >= 0.3 is 0 Å². The number of piperidine rings is 1. The lowest BCUT2D eigenvalue weighted by molar-refractivity contribution is -0.152. The van der Waals surface area contributed by atoms with E-state index in [1.54, 1.807) is 18.2 Å². The number of anilines is 1. The molecule has 4 heterocycles. The van der Waals surface area contributed by atoms with E-state index in [1.807, 2.05) is 23.4 Å². The Morgan fingerprint density at radius 1 is 1.18 bits per heavy atom. The summed E-state index contributed by atoms with van der Waals surface area (Å²) in [6.45, 7) is 11.6. The number of aryl methyl sites for hydroxylation is 1. The highest BCUT2D eigenvalue weighted by Crippen LogP contribution is 2.43. The number of carbonyl (C=O) groups excluding carboxylic acids is 4.